The van der Waals surface area contributed by atoms with Crippen LogP contribution in [0.15, 0.2) is 47.5 Å². The van der Waals surface area contributed by atoms with E-state index in [4.69, 9.17) is 4.74 Å². The molecule has 2 aromatic rings. The number of para-hydroxylation sites is 1. The van der Waals surface area contributed by atoms with Crippen LogP contribution in [0.5, 0.6) is 0 Å². The summed E-state index contributed by atoms with van der Waals surface area (Å²) in [6.07, 6.45) is -3.17. The Labute approximate surface area is 160 Å². The fourth-order valence-corrected chi connectivity index (χ4v) is 3.07. The second-order valence-electron chi connectivity index (χ2n) is 6.56. The Kier molecular flexibility index (Phi) is 5.69. The zero-order chi connectivity index (χ0) is 20.3. The average molecular weight is 391 g/mol. The first-order chi connectivity index (χ1) is 13.3. The van der Waals surface area contributed by atoms with Crippen LogP contribution in [0.2, 0.25) is 0 Å². The average Bonchev–Trinajstić information content (AvgIpc) is 2.95. The molecule has 2 aromatic carbocycles. The van der Waals surface area contributed by atoms with E-state index in [2.05, 4.69) is 15.6 Å². The van der Waals surface area contributed by atoms with E-state index in [1.807, 2.05) is 0 Å². The van der Waals surface area contributed by atoms with Gasteiger partial charge in [-0.05, 0) is 36.8 Å². The molecule has 0 fully saturated rings. The fraction of sp³-hybridized carbons (Fsp3) is 0.300. The number of aliphatic imine (C=N–C) groups is 1. The standard InChI is InChI=1S/C20H20F3N3O2/c1-12(11-28-2)25-18-8-7-13(9-16(18)20(21,22)23)24-10-15-14-5-3-4-6-17(14)26-19(15)27/h3-10,12,15,25H,11H2,1-2H3,(H,26,27). The van der Waals surface area contributed by atoms with E-state index < -0.39 is 17.7 Å². The van der Waals surface area contributed by atoms with Gasteiger partial charge in [0.2, 0.25) is 5.91 Å². The van der Waals surface area contributed by atoms with Gasteiger partial charge in [0.05, 0.1) is 17.9 Å². The molecule has 5 nitrogen and oxygen atoms in total. The van der Waals surface area contributed by atoms with Crippen molar-refractivity contribution in [3.8, 4) is 0 Å². The first-order valence-electron chi connectivity index (χ1n) is 8.70. The number of carbonyl (C=O) groups is 1. The van der Waals surface area contributed by atoms with Crippen molar-refractivity contribution in [2.45, 2.75) is 25.1 Å². The van der Waals surface area contributed by atoms with Gasteiger partial charge in [-0.25, -0.2) is 0 Å². The van der Waals surface area contributed by atoms with E-state index >= 15 is 0 Å². The first kappa shape index (κ1) is 19.9. The van der Waals surface area contributed by atoms with Gasteiger partial charge in [-0.2, -0.15) is 13.2 Å². The highest BCUT2D eigenvalue weighted by Gasteiger charge is 2.34. The lowest BCUT2D eigenvalue weighted by Gasteiger charge is -2.19. The number of hydrogen-bond acceptors (Lipinski definition) is 4. The van der Waals surface area contributed by atoms with Crippen LogP contribution in [-0.4, -0.2) is 31.9 Å². The van der Waals surface area contributed by atoms with Crippen LogP contribution in [0, 0.1) is 0 Å². The van der Waals surface area contributed by atoms with Gasteiger partial charge < -0.3 is 15.4 Å². The number of methoxy groups -OCH3 is 1. The molecule has 0 aliphatic carbocycles. The molecule has 0 spiro atoms. The molecule has 0 saturated carbocycles. The van der Waals surface area contributed by atoms with Crippen LogP contribution < -0.4 is 10.6 Å². The van der Waals surface area contributed by atoms with Gasteiger partial charge in [-0.3, -0.25) is 9.79 Å². The zero-order valence-electron chi connectivity index (χ0n) is 15.4. The summed E-state index contributed by atoms with van der Waals surface area (Å²) < 4.78 is 45.4. The maximum absolute atomic E-state index is 13.5. The number of nitrogens with zero attached hydrogens (tertiary/aromatic N) is 1. The number of anilines is 2. The molecule has 0 aromatic heterocycles. The minimum Gasteiger partial charge on any atom is -0.383 e. The number of carbonyl (C=O) groups excluding carboxylic acids is 1. The second kappa shape index (κ2) is 8.02. The molecule has 2 N–H and O–H groups in total. The SMILES string of the molecule is COCC(C)Nc1ccc(N=CC2C(=O)Nc3ccccc32)cc1C(F)(F)F. The summed E-state index contributed by atoms with van der Waals surface area (Å²) >= 11 is 0. The van der Waals surface area contributed by atoms with Crippen molar-refractivity contribution in [3.63, 3.8) is 0 Å². The van der Waals surface area contributed by atoms with Crippen LogP contribution in [0.4, 0.5) is 30.2 Å². The Balaban J connectivity index is 1.87. The third-order valence-corrected chi connectivity index (χ3v) is 4.34. The minimum absolute atomic E-state index is 0.0417. The monoisotopic (exact) mass is 391 g/mol. The number of alkyl halides is 3. The molecule has 0 saturated heterocycles. The molecular weight excluding hydrogens is 371 g/mol. The van der Waals surface area contributed by atoms with Crippen molar-refractivity contribution >= 4 is 29.2 Å². The molecule has 1 amide bonds. The maximum atomic E-state index is 13.5. The summed E-state index contributed by atoms with van der Waals surface area (Å²) in [4.78, 5) is 16.2. The normalized spacial score (nSPS) is 17.5. The van der Waals surface area contributed by atoms with Gasteiger partial charge in [0.25, 0.3) is 0 Å². The molecule has 3 rings (SSSR count). The first-order valence-corrected chi connectivity index (χ1v) is 8.70. The predicted octanol–water partition coefficient (Wildman–Crippen LogP) is 4.59. The largest absolute Gasteiger partial charge is 0.418 e. The Morgan fingerprint density at radius 1 is 1.29 bits per heavy atom. The van der Waals surface area contributed by atoms with E-state index in [-0.39, 0.29) is 29.9 Å². The van der Waals surface area contributed by atoms with Crippen LogP contribution in [0.25, 0.3) is 0 Å². The van der Waals surface area contributed by atoms with Crippen molar-refractivity contribution in [2.24, 2.45) is 4.99 Å². The summed E-state index contributed by atoms with van der Waals surface area (Å²) in [6.45, 7) is 2.00. The fourth-order valence-electron chi connectivity index (χ4n) is 3.07. The van der Waals surface area contributed by atoms with Gasteiger partial charge >= 0.3 is 6.18 Å². The van der Waals surface area contributed by atoms with Gasteiger partial charge in [0.1, 0.15) is 5.92 Å². The Hall–Kier alpha value is -2.87. The molecule has 1 aliphatic heterocycles. The van der Waals surface area contributed by atoms with Crippen molar-refractivity contribution in [2.75, 3.05) is 24.4 Å². The summed E-state index contributed by atoms with van der Waals surface area (Å²) in [7, 11) is 1.48. The van der Waals surface area contributed by atoms with E-state index in [1.165, 1.54) is 25.5 Å². The lowest BCUT2D eigenvalue weighted by molar-refractivity contribution is -0.137. The van der Waals surface area contributed by atoms with E-state index in [0.717, 1.165) is 11.6 Å². The minimum atomic E-state index is -4.54. The van der Waals surface area contributed by atoms with Crippen molar-refractivity contribution in [1.29, 1.82) is 0 Å². The summed E-state index contributed by atoms with van der Waals surface area (Å²) in [5.41, 5.74) is 0.696. The lowest BCUT2D eigenvalue weighted by Crippen LogP contribution is -2.23. The van der Waals surface area contributed by atoms with E-state index in [0.29, 0.717) is 5.69 Å². The molecule has 8 heteroatoms. The molecular formula is C20H20F3N3O2. The number of nitrogens with one attached hydrogen (secondary N) is 2. The maximum Gasteiger partial charge on any atom is 0.418 e. The number of benzene rings is 2. The smallest absolute Gasteiger partial charge is 0.383 e. The molecule has 1 aliphatic rings. The highest BCUT2D eigenvalue weighted by Crippen LogP contribution is 2.38. The van der Waals surface area contributed by atoms with Crippen LogP contribution in [0.1, 0.15) is 24.0 Å². The summed E-state index contributed by atoms with van der Waals surface area (Å²) in [6, 6.07) is 10.6. The Morgan fingerprint density at radius 2 is 2.04 bits per heavy atom. The van der Waals surface area contributed by atoms with Crippen molar-refractivity contribution < 1.29 is 22.7 Å². The highest BCUT2D eigenvalue weighted by molar-refractivity contribution is 6.12. The van der Waals surface area contributed by atoms with Crippen LogP contribution in [0.3, 0.4) is 0 Å². The predicted molar refractivity (Wildman–Crippen MR) is 102 cm³/mol. The molecule has 28 heavy (non-hydrogen) atoms. The molecule has 0 bridgehead atoms. The number of amides is 1. The summed E-state index contributed by atoms with van der Waals surface area (Å²) in [5, 5.41) is 5.53. The number of hydrogen-bond donors (Lipinski definition) is 2. The quantitative estimate of drug-likeness (QED) is 0.708. The van der Waals surface area contributed by atoms with Crippen LogP contribution >= 0.6 is 0 Å². The van der Waals surface area contributed by atoms with Gasteiger partial charge in [-0.1, -0.05) is 18.2 Å². The summed E-state index contributed by atoms with van der Waals surface area (Å²) in [5.74, 6) is -0.891. The molecule has 148 valence electrons. The Morgan fingerprint density at radius 3 is 2.75 bits per heavy atom. The van der Waals surface area contributed by atoms with Gasteiger partial charge in [0, 0.05) is 30.7 Å². The van der Waals surface area contributed by atoms with Crippen LogP contribution in [-0.2, 0) is 15.7 Å². The number of fused-ring (bicyclic) bond motifs is 1. The number of halogens is 3. The lowest BCUT2D eigenvalue weighted by atomic mass is 10.0. The highest BCUT2D eigenvalue weighted by atomic mass is 19.4. The molecule has 1 heterocycles. The second-order valence-corrected chi connectivity index (χ2v) is 6.56. The third kappa shape index (κ3) is 4.33. The molecule has 2 unspecified atom stereocenters. The number of rotatable bonds is 6. The van der Waals surface area contributed by atoms with Gasteiger partial charge in [0.15, 0.2) is 0 Å². The molecule has 2 atom stereocenters. The third-order valence-electron chi connectivity index (χ3n) is 4.34. The topological polar surface area (TPSA) is 62.7 Å². The van der Waals surface area contributed by atoms with E-state index in [9.17, 15) is 18.0 Å². The van der Waals surface area contributed by atoms with Crippen molar-refractivity contribution in [3.05, 3.63) is 53.6 Å². The van der Waals surface area contributed by atoms with Gasteiger partial charge in [-0.15, -0.1) is 0 Å². The van der Waals surface area contributed by atoms with Crippen molar-refractivity contribution in [1.82, 2.24) is 0 Å². The Bertz CT molecular complexity index is 897. The number of ether oxygens (including phenoxy) is 1. The zero-order valence-corrected chi connectivity index (χ0v) is 15.4. The molecule has 0 radical (unpaired) electrons. The van der Waals surface area contributed by atoms with E-state index in [1.54, 1.807) is 31.2 Å².